The molecule has 0 aliphatic rings. The first-order chi connectivity index (χ1) is 12.0. The molecule has 0 aliphatic carbocycles. The van der Waals surface area contributed by atoms with Crippen LogP contribution >= 0.6 is 0 Å². The van der Waals surface area contributed by atoms with Crippen molar-refractivity contribution in [3.63, 3.8) is 0 Å². The maximum Gasteiger partial charge on any atom is 0.411 e. The van der Waals surface area contributed by atoms with Crippen LogP contribution in [0.1, 0.15) is 15.9 Å². The van der Waals surface area contributed by atoms with Crippen LogP contribution in [0.5, 0.6) is 5.75 Å². The number of halogens is 2. The van der Waals surface area contributed by atoms with Gasteiger partial charge in [-0.2, -0.15) is 8.78 Å². The normalized spacial score (nSPS) is 10.2. The number of alkyl halides is 2. The lowest BCUT2D eigenvalue weighted by molar-refractivity contribution is -0.0498. The topological polar surface area (TPSA) is 76.7 Å². The van der Waals surface area contributed by atoms with Crippen LogP contribution in [0.25, 0.3) is 0 Å². The summed E-state index contributed by atoms with van der Waals surface area (Å²) in [5.74, 6) is -0.502. The van der Waals surface area contributed by atoms with Crippen molar-refractivity contribution in [2.24, 2.45) is 0 Å². The van der Waals surface area contributed by atoms with Crippen LogP contribution in [-0.4, -0.2) is 25.7 Å². The lowest BCUT2D eigenvalue weighted by Crippen LogP contribution is -2.22. The summed E-state index contributed by atoms with van der Waals surface area (Å²) in [7, 11) is 1.26. The average Bonchev–Trinajstić information content (AvgIpc) is 2.60. The Kier molecular flexibility index (Phi) is 6.27. The number of anilines is 1. The van der Waals surface area contributed by atoms with Gasteiger partial charge in [-0.05, 0) is 35.9 Å². The van der Waals surface area contributed by atoms with E-state index in [0.717, 1.165) is 5.56 Å². The molecule has 0 spiro atoms. The lowest BCUT2D eigenvalue weighted by atomic mass is 10.1. The zero-order chi connectivity index (χ0) is 18.2. The quantitative estimate of drug-likeness (QED) is 0.837. The van der Waals surface area contributed by atoms with Crippen molar-refractivity contribution in [2.75, 3.05) is 12.4 Å². The smallest absolute Gasteiger partial charge is 0.411 e. The molecule has 0 bridgehead atoms. The van der Waals surface area contributed by atoms with Gasteiger partial charge in [0.25, 0.3) is 5.91 Å². The van der Waals surface area contributed by atoms with Crippen LogP contribution in [0.4, 0.5) is 19.3 Å². The Morgan fingerprint density at radius 1 is 1.12 bits per heavy atom. The van der Waals surface area contributed by atoms with Crippen molar-refractivity contribution in [3.8, 4) is 5.75 Å². The molecule has 0 atom stereocenters. The standard InChI is InChI=1S/C17H16F2N2O4/c1-24-17(23)21-13-7-5-11(6-8-13)10-20-15(22)12-3-2-4-14(9-12)25-16(18)19/h2-9,16H,10H2,1H3,(H,20,22)(H,21,23). The third-order valence-electron chi connectivity index (χ3n) is 3.16. The number of carbonyl (C=O) groups excluding carboxylic acids is 2. The summed E-state index contributed by atoms with van der Waals surface area (Å²) in [6.07, 6.45) is -0.577. The molecule has 132 valence electrons. The van der Waals surface area contributed by atoms with E-state index in [1.165, 1.54) is 31.4 Å². The van der Waals surface area contributed by atoms with Crippen LogP contribution in [0.15, 0.2) is 48.5 Å². The second-order valence-corrected chi connectivity index (χ2v) is 4.90. The summed E-state index contributed by atoms with van der Waals surface area (Å²) in [5, 5.41) is 5.18. The Morgan fingerprint density at radius 3 is 2.48 bits per heavy atom. The van der Waals surface area contributed by atoms with Crippen molar-refractivity contribution in [1.82, 2.24) is 5.32 Å². The van der Waals surface area contributed by atoms with Gasteiger partial charge in [-0.15, -0.1) is 0 Å². The van der Waals surface area contributed by atoms with Gasteiger partial charge in [-0.25, -0.2) is 4.79 Å². The summed E-state index contributed by atoms with van der Waals surface area (Å²) in [5.41, 5.74) is 1.56. The molecule has 0 aliphatic heterocycles. The minimum Gasteiger partial charge on any atom is -0.453 e. The highest BCUT2D eigenvalue weighted by Crippen LogP contribution is 2.16. The van der Waals surface area contributed by atoms with Gasteiger partial charge >= 0.3 is 12.7 Å². The number of hydrogen-bond donors (Lipinski definition) is 2. The number of nitrogens with one attached hydrogen (secondary N) is 2. The molecule has 8 heteroatoms. The number of hydrogen-bond acceptors (Lipinski definition) is 4. The zero-order valence-electron chi connectivity index (χ0n) is 13.3. The van der Waals surface area contributed by atoms with Crippen molar-refractivity contribution < 1.29 is 27.8 Å². The fourth-order valence-electron chi connectivity index (χ4n) is 1.97. The van der Waals surface area contributed by atoms with Crippen LogP contribution < -0.4 is 15.4 Å². The molecular formula is C17H16F2N2O4. The van der Waals surface area contributed by atoms with Gasteiger partial charge in [-0.1, -0.05) is 18.2 Å². The van der Waals surface area contributed by atoms with Gasteiger partial charge in [0.2, 0.25) is 0 Å². The molecule has 25 heavy (non-hydrogen) atoms. The number of methoxy groups -OCH3 is 1. The minimum atomic E-state index is -2.95. The number of amides is 2. The lowest BCUT2D eigenvalue weighted by Gasteiger charge is -2.09. The molecule has 0 heterocycles. The van der Waals surface area contributed by atoms with Crippen LogP contribution in [-0.2, 0) is 11.3 Å². The van der Waals surface area contributed by atoms with E-state index in [4.69, 9.17) is 0 Å². The number of carbonyl (C=O) groups is 2. The molecule has 0 radical (unpaired) electrons. The van der Waals surface area contributed by atoms with E-state index < -0.39 is 18.6 Å². The molecular weight excluding hydrogens is 334 g/mol. The first-order valence-corrected chi connectivity index (χ1v) is 7.25. The highest BCUT2D eigenvalue weighted by atomic mass is 19.3. The maximum absolute atomic E-state index is 12.2. The summed E-state index contributed by atoms with van der Waals surface area (Å²) < 4.78 is 33.1. The highest BCUT2D eigenvalue weighted by molar-refractivity contribution is 5.94. The SMILES string of the molecule is COC(=O)Nc1ccc(CNC(=O)c2cccc(OC(F)F)c2)cc1. The van der Waals surface area contributed by atoms with Gasteiger partial charge < -0.3 is 14.8 Å². The molecule has 2 amide bonds. The molecule has 2 rings (SSSR count). The first-order valence-electron chi connectivity index (χ1n) is 7.25. The predicted molar refractivity (Wildman–Crippen MR) is 86.7 cm³/mol. The first kappa shape index (κ1) is 18.2. The monoisotopic (exact) mass is 350 g/mol. The van der Waals surface area contributed by atoms with Gasteiger partial charge in [0.05, 0.1) is 7.11 Å². The zero-order valence-corrected chi connectivity index (χ0v) is 13.3. The summed E-state index contributed by atoms with van der Waals surface area (Å²) >= 11 is 0. The second-order valence-electron chi connectivity index (χ2n) is 4.90. The molecule has 2 aromatic rings. The second kappa shape index (κ2) is 8.62. The van der Waals surface area contributed by atoms with E-state index in [1.54, 1.807) is 24.3 Å². The minimum absolute atomic E-state index is 0.0825. The van der Waals surface area contributed by atoms with Gasteiger partial charge in [0, 0.05) is 17.8 Å². The maximum atomic E-state index is 12.2. The molecule has 0 unspecified atom stereocenters. The van der Waals surface area contributed by atoms with Gasteiger partial charge in [0.15, 0.2) is 0 Å². The van der Waals surface area contributed by atoms with E-state index in [1.807, 2.05) is 0 Å². The number of benzene rings is 2. The Morgan fingerprint density at radius 2 is 1.84 bits per heavy atom. The fraction of sp³-hybridized carbons (Fsp3) is 0.176. The fourth-order valence-corrected chi connectivity index (χ4v) is 1.97. The summed E-state index contributed by atoms with van der Waals surface area (Å²) in [6, 6.07) is 12.3. The number of rotatable bonds is 6. The summed E-state index contributed by atoms with van der Waals surface area (Å²) in [6.45, 7) is -2.72. The molecule has 0 fully saturated rings. The van der Waals surface area contributed by atoms with Gasteiger partial charge in [-0.3, -0.25) is 10.1 Å². The Balaban J connectivity index is 1.92. The van der Waals surface area contributed by atoms with E-state index in [9.17, 15) is 18.4 Å². The van der Waals surface area contributed by atoms with Crippen molar-refractivity contribution >= 4 is 17.7 Å². The van der Waals surface area contributed by atoms with Crippen LogP contribution in [0.3, 0.4) is 0 Å². The van der Waals surface area contributed by atoms with E-state index in [2.05, 4.69) is 20.1 Å². The third kappa shape index (κ3) is 5.76. The summed E-state index contributed by atoms with van der Waals surface area (Å²) in [4.78, 5) is 23.2. The van der Waals surface area contributed by atoms with Crippen molar-refractivity contribution in [1.29, 1.82) is 0 Å². The van der Waals surface area contributed by atoms with Crippen molar-refractivity contribution in [3.05, 3.63) is 59.7 Å². The van der Waals surface area contributed by atoms with Crippen LogP contribution in [0.2, 0.25) is 0 Å². The van der Waals surface area contributed by atoms with Crippen molar-refractivity contribution in [2.45, 2.75) is 13.2 Å². The predicted octanol–water partition coefficient (Wildman–Crippen LogP) is 3.40. The Bertz CT molecular complexity index is 736. The van der Waals surface area contributed by atoms with Crippen LogP contribution in [0, 0.1) is 0 Å². The molecule has 0 saturated carbocycles. The van der Waals surface area contributed by atoms with E-state index in [-0.39, 0.29) is 17.9 Å². The number of ether oxygens (including phenoxy) is 2. The largest absolute Gasteiger partial charge is 0.453 e. The molecule has 0 saturated heterocycles. The van der Waals surface area contributed by atoms with E-state index >= 15 is 0 Å². The molecule has 6 nitrogen and oxygen atoms in total. The molecule has 0 aromatic heterocycles. The average molecular weight is 350 g/mol. The molecule has 2 N–H and O–H groups in total. The highest BCUT2D eigenvalue weighted by Gasteiger charge is 2.09. The van der Waals surface area contributed by atoms with Gasteiger partial charge in [0.1, 0.15) is 5.75 Å². The van der Waals surface area contributed by atoms with E-state index in [0.29, 0.717) is 5.69 Å². The molecule has 2 aromatic carbocycles. The Hall–Kier alpha value is -3.16. The Labute approximate surface area is 142 Å². The third-order valence-corrected chi connectivity index (χ3v) is 3.16.